The average molecular weight is 158 g/mol. The van der Waals surface area contributed by atoms with Crippen molar-refractivity contribution in [3.05, 3.63) is 36.4 Å². The van der Waals surface area contributed by atoms with Gasteiger partial charge in [-0.3, -0.25) is 5.11 Å². The Morgan fingerprint density at radius 1 is 1.08 bits per heavy atom. The summed E-state index contributed by atoms with van der Waals surface area (Å²) in [6.07, 6.45) is 0. The van der Waals surface area contributed by atoms with E-state index in [1.54, 1.807) is 12.1 Å². The summed E-state index contributed by atoms with van der Waals surface area (Å²) in [6, 6.07) is 10.7. The van der Waals surface area contributed by atoms with E-state index in [2.05, 4.69) is 0 Å². The summed E-state index contributed by atoms with van der Waals surface area (Å²) in [5.41, 5.74) is 6.05. The molecular weight excluding hydrogens is 150 g/mol. The van der Waals surface area contributed by atoms with Crippen LogP contribution in [0.1, 0.15) is 0 Å². The molecule has 12 heavy (non-hydrogen) atoms. The van der Waals surface area contributed by atoms with Crippen molar-refractivity contribution >= 4 is 16.5 Å². The van der Waals surface area contributed by atoms with Gasteiger partial charge in [-0.05, 0) is 11.5 Å². The molecule has 1 radical (unpaired) electrons. The molecule has 2 N–H and O–H groups in total. The molecule has 0 unspecified atom stereocenters. The monoisotopic (exact) mass is 158 g/mol. The van der Waals surface area contributed by atoms with E-state index in [0.717, 1.165) is 10.8 Å². The number of fused-ring (bicyclic) bond motifs is 1. The molecule has 0 spiro atoms. The van der Waals surface area contributed by atoms with Crippen molar-refractivity contribution in [2.24, 2.45) is 0 Å². The molecule has 0 heterocycles. The zero-order chi connectivity index (χ0) is 8.55. The predicted molar refractivity (Wildman–Crippen MR) is 48.5 cm³/mol. The smallest absolute Gasteiger partial charge is 0.188 e. The van der Waals surface area contributed by atoms with Crippen LogP contribution in [0.5, 0.6) is 5.75 Å². The van der Waals surface area contributed by atoms with E-state index in [-0.39, 0.29) is 5.75 Å². The highest BCUT2D eigenvalue weighted by Gasteiger charge is 2.00. The molecule has 2 aromatic rings. The number of rotatable bonds is 0. The van der Waals surface area contributed by atoms with Crippen LogP contribution in [0.3, 0.4) is 0 Å². The number of hydrogen-bond acceptors (Lipinski definition) is 1. The number of hydrogen-bond donors (Lipinski definition) is 1. The normalized spacial score (nSPS) is 10.3. The molecule has 0 amide bonds. The summed E-state index contributed by atoms with van der Waals surface area (Å²) in [5.74, 6) is -0.00870. The Balaban J connectivity index is 2.89. The Kier molecular flexibility index (Phi) is 1.40. The molecule has 2 rings (SSSR count). The Morgan fingerprint density at radius 2 is 1.83 bits per heavy atom. The molecule has 0 aromatic heterocycles. The highest BCUT2D eigenvalue weighted by Crippen LogP contribution is 2.27. The molecule has 0 saturated heterocycles. The third-order valence-corrected chi connectivity index (χ3v) is 1.85. The van der Waals surface area contributed by atoms with Crippen molar-refractivity contribution in [1.82, 2.24) is 0 Å². The largest absolute Gasteiger partial charge is 0.399 e. The molecule has 2 heteroatoms. The Bertz CT molecular complexity index is 423. The van der Waals surface area contributed by atoms with Gasteiger partial charge in [0.15, 0.2) is 5.75 Å². The van der Waals surface area contributed by atoms with Crippen LogP contribution in [0.2, 0.25) is 0 Å². The Hall–Kier alpha value is -1.70. The molecule has 0 saturated carbocycles. The van der Waals surface area contributed by atoms with Crippen LogP contribution in [0.4, 0.5) is 5.69 Å². The molecule has 2 nitrogen and oxygen atoms in total. The quantitative estimate of drug-likeness (QED) is 0.588. The van der Waals surface area contributed by atoms with Gasteiger partial charge >= 0.3 is 0 Å². The summed E-state index contributed by atoms with van der Waals surface area (Å²) >= 11 is 0. The van der Waals surface area contributed by atoms with E-state index in [4.69, 9.17) is 5.73 Å². The van der Waals surface area contributed by atoms with Gasteiger partial charge in [0.2, 0.25) is 0 Å². The number of benzene rings is 2. The first-order valence-corrected chi connectivity index (χ1v) is 3.72. The SMILES string of the molecule is Nc1cc([O])c2ccccc2c1. The third-order valence-electron chi connectivity index (χ3n) is 1.85. The average Bonchev–Trinajstić information content (AvgIpc) is 2.04. The van der Waals surface area contributed by atoms with Gasteiger partial charge in [-0.1, -0.05) is 24.3 Å². The fraction of sp³-hybridized carbons (Fsp3) is 0. The van der Waals surface area contributed by atoms with Gasteiger partial charge in [0.1, 0.15) is 0 Å². The summed E-state index contributed by atoms with van der Waals surface area (Å²) < 4.78 is 0. The lowest BCUT2D eigenvalue weighted by Gasteiger charge is -1.99. The second-order valence-corrected chi connectivity index (χ2v) is 2.74. The van der Waals surface area contributed by atoms with Crippen molar-refractivity contribution in [3.63, 3.8) is 0 Å². The number of nitrogens with two attached hydrogens (primary N) is 1. The van der Waals surface area contributed by atoms with Crippen molar-refractivity contribution in [3.8, 4) is 5.75 Å². The molecule has 0 aliphatic carbocycles. The minimum Gasteiger partial charge on any atom is -0.399 e. The van der Waals surface area contributed by atoms with Gasteiger partial charge < -0.3 is 5.73 Å². The fourth-order valence-electron chi connectivity index (χ4n) is 1.30. The van der Waals surface area contributed by atoms with Crippen molar-refractivity contribution < 1.29 is 5.11 Å². The summed E-state index contributed by atoms with van der Waals surface area (Å²) in [4.78, 5) is 0. The highest BCUT2D eigenvalue weighted by atomic mass is 16.3. The lowest BCUT2D eigenvalue weighted by molar-refractivity contribution is 0.360. The molecule has 0 fully saturated rings. The zero-order valence-corrected chi connectivity index (χ0v) is 6.45. The lowest BCUT2D eigenvalue weighted by atomic mass is 10.1. The molecule has 59 valence electrons. The van der Waals surface area contributed by atoms with Crippen LogP contribution in [-0.4, -0.2) is 0 Å². The van der Waals surface area contributed by atoms with E-state index < -0.39 is 0 Å². The van der Waals surface area contributed by atoms with Gasteiger partial charge in [-0.25, -0.2) is 0 Å². The summed E-state index contributed by atoms with van der Waals surface area (Å²) in [6.45, 7) is 0. The first-order valence-electron chi connectivity index (χ1n) is 3.72. The highest BCUT2D eigenvalue weighted by molar-refractivity contribution is 5.90. The molecule has 2 aromatic carbocycles. The molecular formula is C10H8NO. The van der Waals surface area contributed by atoms with Crippen LogP contribution >= 0.6 is 0 Å². The van der Waals surface area contributed by atoms with E-state index in [0.29, 0.717) is 5.69 Å². The topological polar surface area (TPSA) is 45.9 Å². The van der Waals surface area contributed by atoms with Crippen LogP contribution in [-0.2, 0) is 5.11 Å². The summed E-state index contributed by atoms with van der Waals surface area (Å²) in [7, 11) is 0. The van der Waals surface area contributed by atoms with Crippen LogP contribution in [0.15, 0.2) is 36.4 Å². The fourth-order valence-corrected chi connectivity index (χ4v) is 1.30. The Labute approximate surface area is 70.2 Å². The van der Waals surface area contributed by atoms with E-state index in [1.807, 2.05) is 18.2 Å². The lowest BCUT2D eigenvalue weighted by Crippen LogP contribution is -1.83. The van der Waals surface area contributed by atoms with Gasteiger partial charge in [0, 0.05) is 17.1 Å². The minimum atomic E-state index is -0.00870. The van der Waals surface area contributed by atoms with Gasteiger partial charge in [-0.2, -0.15) is 0 Å². The predicted octanol–water partition coefficient (Wildman–Crippen LogP) is 2.57. The van der Waals surface area contributed by atoms with Crippen molar-refractivity contribution in [1.29, 1.82) is 0 Å². The third kappa shape index (κ3) is 0.975. The molecule has 0 aliphatic rings. The van der Waals surface area contributed by atoms with Crippen LogP contribution < -0.4 is 5.73 Å². The zero-order valence-electron chi connectivity index (χ0n) is 6.45. The molecule has 0 bridgehead atoms. The van der Waals surface area contributed by atoms with E-state index >= 15 is 0 Å². The first-order chi connectivity index (χ1) is 5.77. The van der Waals surface area contributed by atoms with Gasteiger partial charge in [-0.15, -0.1) is 0 Å². The van der Waals surface area contributed by atoms with Crippen molar-refractivity contribution in [2.45, 2.75) is 0 Å². The molecule has 0 atom stereocenters. The second-order valence-electron chi connectivity index (χ2n) is 2.74. The maximum Gasteiger partial charge on any atom is 0.188 e. The number of anilines is 1. The van der Waals surface area contributed by atoms with Gasteiger partial charge in [0.05, 0.1) is 0 Å². The standard InChI is InChI=1S/C10H8NO/c11-8-5-7-3-1-2-4-9(7)10(12)6-8/h1-6H,11H2. The second kappa shape index (κ2) is 2.41. The number of nitrogen functional groups attached to an aromatic ring is 1. The maximum absolute atomic E-state index is 11.3. The van der Waals surface area contributed by atoms with Crippen molar-refractivity contribution in [2.75, 3.05) is 5.73 Å². The molecule has 0 aliphatic heterocycles. The van der Waals surface area contributed by atoms with Crippen LogP contribution in [0, 0.1) is 0 Å². The Morgan fingerprint density at radius 3 is 2.67 bits per heavy atom. The minimum absolute atomic E-state index is 0.00870. The van der Waals surface area contributed by atoms with Crippen LogP contribution in [0.25, 0.3) is 10.8 Å². The van der Waals surface area contributed by atoms with Gasteiger partial charge in [0.25, 0.3) is 0 Å². The van der Waals surface area contributed by atoms with E-state index in [1.165, 1.54) is 6.07 Å². The summed E-state index contributed by atoms with van der Waals surface area (Å²) in [5, 5.41) is 13.0. The first kappa shape index (κ1) is 6.98. The van der Waals surface area contributed by atoms with E-state index in [9.17, 15) is 5.11 Å². The maximum atomic E-state index is 11.3.